The molecule has 0 radical (unpaired) electrons. The van der Waals surface area contributed by atoms with Gasteiger partial charge in [-0.05, 0) is 22.6 Å². The van der Waals surface area contributed by atoms with E-state index in [1.807, 2.05) is 0 Å². The molecule has 0 saturated carbocycles. The van der Waals surface area contributed by atoms with Gasteiger partial charge in [0.15, 0.2) is 5.82 Å². The van der Waals surface area contributed by atoms with Crippen molar-refractivity contribution in [1.29, 1.82) is 0 Å². The van der Waals surface area contributed by atoms with Crippen molar-refractivity contribution >= 4 is 17.3 Å². The molecule has 1 aliphatic heterocycles. The highest BCUT2D eigenvalue weighted by atomic mass is 19.4. The molecule has 3 rings (SSSR count). The second-order valence-corrected chi connectivity index (χ2v) is 5.66. The minimum atomic E-state index is -4.41. The summed E-state index contributed by atoms with van der Waals surface area (Å²) in [7, 11) is 0. The molecule has 1 atom stereocenters. The molecule has 0 fully saturated rings. The number of tetrazole rings is 1. The second kappa shape index (κ2) is 6.10. The van der Waals surface area contributed by atoms with Crippen molar-refractivity contribution in [3.05, 3.63) is 30.1 Å². The van der Waals surface area contributed by atoms with Crippen LogP contribution in [0, 0.1) is 5.92 Å². The number of anilines is 2. The van der Waals surface area contributed by atoms with Gasteiger partial charge in [-0.3, -0.25) is 4.79 Å². The molecule has 1 amide bonds. The van der Waals surface area contributed by atoms with Crippen molar-refractivity contribution in [2.45, 2.75) is 26.2 Å². The fourth-order valence-electron chi connectivity index (χ4n) is 2.57. The molecule has 1 aromatic carbocycles. The standard InChI is InChI=1S/C14H15F3N6O/c1-9-6-22(11-5-3-2-4-10(11)18-13(9)24)7-12-19-20-21-23(12)8-14(15,16)17/h2-5,9H,6-8H2,1H3,(H,18,24)/t9-/m0/s1. The van der Waals surface area contributed by atoms with E-state index in [4.69, 9.17) is 0 Å². The Morgan fingerprint density at radius 3 is 2.83 bits per heavy atom. The molecule has 2 heterocycles. The van der Waals surface area contributed by atoms with E-state index in [-0.39, 0.29) is 24.2 Å². The molecular formula is C14H15F3N6O. The molecular weight excluding hydrogens is 325 g/mol. The van der Waals surface area contributed by atoms with E-state index in [1.165, 1.54) is 0 Å². The molecule has 128 valence electrons. The number of nitrogens with zero attached hydrogens (tertiary/aromatic N) is 5. The molecule has 24 heavy (non-hydrogen) atoms. The Labute approximate surface area is 135 Å². The van der Waals surface area contributed by atoms with Crippen LogP contribution in [0.1, 0.15) is 12.7 Å². The zero-order valence-electron chi connectivity index (χ0n) is 12.8. The number of amides is 1. The summed E-state index contributed by atoms with van der Waals surface area (Å²) in [6.07, 6.45) is -4.41. The lowest BCUT2D eigenvalue weighted by molar-refractivity contribution is -0.143. The van der Waals surface area contributed by atoms with Crippen LogP contribution in [0.25, 0.3) is 0 Å². The van der Waals surface area contributed by atoms with E-state index in [2.05, 4.69) is 20.8 Å². The first-order valence-corrected chi connectivity index (χ1v) is 7.30. The largest absolute Gasteiger partial charge is 0.408 e. The maximum Gasteiger partial charge on any atom is 0.408 e. The third-order valence-corrected chi connectivity index (χ3v) is 3.71. The molecule has 1 aliphatic rings. The van der Waals surface area contributed by atoms with Gasteiger partial charge in [-0.2, -0.15) is 13.2 Å². The number of hydrogen-bond donors (Lipinski definition) is 1. The van der Waals surface area contributed by atoms with Crippen LogP contribution in [0.4, 0.5) is 24.5 Å². The molecule has 0 bridgehead atoms. The fraction of sp³-hybridized carbons (Fsp3) is 0.429. The highest BCUT2D eigenvalue weighted by Gasteiger charge is 2.31. The summed E-state index contributed by atoms with van der Waals surface area (Å²) >= 11 is 0. The van der Waals surface area contributed by atoms with Crippen LogP contribution in [0.3, 0.4) is 0 Å². The van der Waals surface area contributed by atoms with Gasteiger partial charge in [0.25, 0.3) is 0 Å². The first kappa shape index (κ1) is 16.2. The summed E-state index contributed by atoms with van der Waals surface area (Å²) in [4.78, 5) is 13.8. The van der Waals surface area contributed by atoms with Gasteiger partial charge in [0.05, 0.1) is 23.8 Å². The quantitative estimate of drug-likeness (QED) is 0.923. The minimum absolute atomic E-state index is 0.0688. The Bertz CT molecular complexity index is 744. The first-order valence-electron chi connectivity index (χ1n) is 7.30. The summed E-state index contributed by atoms with van der Waals surface area (Å²) in [5.41, 5.74) is 1.33. The molecule has 0 spiro atoms. The van der Waals surface area contributed by atoms with Crippen LogP contribution >= 0.6 is 0 Å². The van der Waals surface area contributed by atoms with E-state index in [9.17, 15) is 18.0 Å². The zero-order chi connectivity index (χ0) is 17.3. The predicted molar refractivity (Wildman–Crippen MR) is 79.2 cm³/mol. The minimum Gasteiger partial charge on any atom is -0.361 e. The SMILES string of the molecule is C[C@H]1CN(Cc2nnnn2CC(F)(F)F)c2ccccc2NC1=O. The number of para-hydroxylation sites is 2. The number of fused-ring (bicyclic) bond motifs is 1. The Hall–Kier alpha value is -2.65. The topological polar surface area (TPSA) is 75.9 Å². The predicted octanol–water partition coefficient (Wildman–Crippen LogP) is 1.83. The van der Waals surface area contributed by atoms with Gasteiger partial charge in [0.1, 0.15) is 6.54 Å². The van der Waals surface area contributed by atoms with Crippen LogP contribution in [0.5, 0.6) is 0 Å². The Morgan fingerprint density at radius 1 is 1.33 bits per heavy atom. The number of alkyl halides is 3. The number of aromatic nitrogens is 4. The van der Waals surface area contributed by atoms with Gasteiger partial charge >= 0.3 is 6.18 Å². The number of halogens is 3. The van der Waals surface area contributed by atoms with Crippen LogP contribution in [0.2, 0.25) is 0 Å². The van der Waals surface area contributed by atoms with Crippen molar-refractivity contribution in [2.75, 3.05) is 16.8 Å². The number of nitrogens with one attached hydrogen (secondary N) is 1. The van der Waals surface area contributed by atoms with Crippen molar-refractivity contribution in [2.24, 2.45) is 5.92 Å². The van der Waals surface area contributed by atoms with Crippen molar-refractivity contribution < 1.29 is 18.0 Å². The molecule has 0 aliphatic carbocycles. The molecule has 1 N–H and O–H groups in total. The van der Waals surface area contributed by atoms with E-state index in [0.717, 1.165) is 10.4 Å². The zero-order valence-corrected chi connectivity index (χ0v) is 12.8. The van der Waals surface area contributed by atoms with E-state index in [0.29, 0.717) is 12.2 Å². The number of hydrogen-bond acceptors (Lipinski definition) is 5. The van der Waals surface area contributed by atoms with E-state index >= 15 is 0 Å². The molecule has 2 aromatic rings. The summed E-state index contributed by atoms with van der Waals surface area (Å²) in [6.45, 7) is 0.922. The lowest BCUT2D eigenvalue weighted by Gasteiger charge is -2.25. The number of carbonyl (C=O) groups excluding carboxylic acids is 1. The second-order valence-electron chi connectivity index (χ2n) is 5.66. The lowest BCUT2D eigenvalue weighted by atomic mass is 10.1. The third-order valence-electron chi connectivity index (χ3n) is 3.71. The van der Waals surface area contributed by atoms with Gasteiger partial charge in [0, 0.05) is 6.54 Å². The Kier molecular flexibility index (Phi) is 4.12. The molecule has 7 nitrogen and oxygen atoms in total. The summed E-state index contributed by atoms with van der Waals surface area (Å²) in [6, 6.07) is 7.12. The van der Waals surface area contributed by atoms with Crippen molar-refractivity contribution in [3.63, 3.8) is 0 Å². The highest BCUT2D eigenvalue weighted by Crippen LogP contribution is 2.30. The average Bonchev–Trinajstić information content (AvgIpc) is 2.87. The Balaban J connectivity index is 1.90. The van der Waals surface area contributed by atoms with Gasteiger partial charge in [-0.25, -0.2) is 4.68 Å². The monoisotopic (exact) mass is 340 g/mol. The third kappa shape index (κ3) is 3.47. The van der Waals surface area contributed by atoms with Crippen LogP contribution in [-0.4, -0.2) is 38.8 Å². The van der Waals surface area contributed by atoms with Crippen molar-refractivity contribution in [1.82, 2.24) is 20.2 Å². The van der Waals surface area contributed by atoms with Crippen LogP contribution in [-0.2, 0) is 17.9 Å². The van der Waals surface area contributed by atoms with Gasteiger partial charge in [0.2, 0.25) is 5.91 Å². The summed E-state index contributed by atoms with van der Waals surface area (Å²) in [5.74, 6) is -0.382. The van der Waals surface area contributed by atoms with Crippen molar-refractivity contribution in [3.8, 4) is 0 Å². The highest BCUT2D eigenvalue weighted by molar-refractivity contribution is 5.97. The molecule has 0 saturated heterocycles. The smallest absolute Gasteiger partial charge is 0.361 e. The van der Waals surface area contributed by atoms with Gasteiger partial charge < -0.3 is 10.2 Å². The summed E-state index contributed by atoms with van der Waals surface area (Å²) < 4.78 is 38.6. The first-order chi connectivity index (χ1) is 11.3. The maximum atomic E-state index is 12.6. The van der Waals surface area contributed by atoms with Crippen LogP contribution in [0.15, 0.2) is 24.3 Å². The lowest BCUT2D eigenvalue weighted by Crippen LogP contribution is -2.32. The van der Waals surface area contributed by atoms with Gasteiger partial charge in [-0.1, -0.05) is 19.1 Å². The average molecular weight is 340 g/mol. The summed E-state index contributed by atoms with van der Waals surface area (Å²) in [5, 5.41) is 13.3. The Morgan fingerprint density at radius 2 is 2.08 bits per heavy atom. The number of rotatable bonds is 3. The normalized spacial score (nSPS) is 18.1. The molecule has 0 unspecified atom stereocenters. The molecule has 1 aromatic heterocycles. The van der Waals surface area contributed by atoms with E-state index < -0.39 is 12.7 Å². The maximum absolute atomic E-state index is 12.6. The number of carbonyl (C=O) groups is 1. The fourth-order valence-corrected chi connectivity index (χ4v) is 2.57. The van der Waals surface area contributed by atoms with Gasteiger partial charge in [-0.15, -0.1) is 5.10 Å². The molecule has 10 heteroatoms. The van der Waals surface area contributed by atoms with Crippen LogP contribution < -0.4 is 10.2 Å². The van der Waals surface area contributed by atoms with E-state index in [1.54, 1.807) is 36.1 Å². The number of benzene rings is 1.